The van der Waals surface area contributed by atoms with Gasteiger partial charge in [0.05, 0.1) is 6.04 Å². The second-order valence-corrected chi connectivity index (χ2v) is 6.90. The molecule has 0 aromatic rings. The lowest BCUT2D eigenvalue weighted by Crippen LogP contribution is -2.62. The van der Waals surface area contributed by atoms with Gasteiger partial charge in [0.15, 0.2) is 0 Å². The van der Waals surface area contributed by atoms with E-state index in [1.807, 2.05) is 0 Å². The van der Waals surface area contributed by atoms with Crippen molar-refractivity contribution in [2.45, 2.75) is 55.4 Å². The fourth-order valence-electron chi connectivity index (χ4n) is 4.23. The van der Waals surface area contributed by atoms with Crippen LogP contribution in [0.4, 0.5) is 0 Å². The lowest BCUT2D eigenvalue weighted by atomic mass is 9.67. The number of piperidine rings is 1. The number of fused-ring (bicyclic) bond motifs is 1. The van der Waals surface area contributed by atoms with Crippen molar-refractivity contribution in [3.8, 4) is 0 Å². The third kappa shape index (κ3) is 2.15. The molecule has 0 spiro atoms. The van der Waals surface area contributed by atoms with Crippen molar-refractivity contribution in [2.24, 2.45) is 22.6 Å². The summed E-state index contributed by atoms with van der Waals surface area (Å²) in [4.78, 5) is 4.54. The Hall–Kier alpha value is -0.360. The molecule has 1 aliphatic carbocycles. The van der Waals surface area contributed by atoms with Gasteiger partial charge in [0, 0.05) is 24.3 Å². The monoisotopic (exact) mass is 301 g/mol. The largest absolute Gasteiger partial charge is 0.385 e. The van der Waals surface area contributed by atoms with Crippen molar-refractivity contribution in [1.29, 1.82) is 0 Å². The molecule has 1 saturated carbocycles. The van der Waals surface area contributed by atoms with E-state index in [-0.39, 0.29) is 29.5 Å². The average molecular weight is 302 g/mol. The Kier molecular flexibility index (Phi) is 3.97. The summed E-state index contributed by atoms with van der Waals surface area (Å²) in [7, 11) is 1.67. The van der Waals surface area contributed by atoms with Crippen molar-refractivity contribution in [1.82, 2.24) is 5.32 Å². The van der Waals surface area contributed by atoms with Crippen LogP contribution in [0.25, 0.3) is 0 Å². The maximum atomic E-state index is 11.4. The highest BCUT2D eigenvalue weighted by molar-refractivity contribution is 6.20. The predicted molar refractivity (Wildman–Crippen MR) is 78.9 cm³/mol. The summed E-state index contributed by atoms with van der Waals surface area (Å²) in [6.07, 6.45) is 4.39. The Morgan fingerprint density at radius 2 is 2.20 bits per heavy atom. The summed E-state index contributed by atoms with van der Waals surface area (Å²) in [6.45, 7) is 0.911. The summed E-state index contributed by atoms with van der Waals surface area (Å²) in [5, 5.41) is 14.8. The van der Waals surface area contributed by atoms with Gasteiger partial charge < -0.3 is 15.6 Å². The van der Waals surface area contributed by atoms with E-state index in [9.17, 15) is 5.11 Å². The summed E-state index contributed by atoms with van der Waals surface area (Å²) < 4.78 is 5.52. The van der Waals surface area contributed by atoms with E-state index in [0.29, 0.717) is 5.84 Å². The zero-order valence-electron chi connectivity index (χ0n) is 11.9. The molecular weight excluding hydrogens is 278 g/mol. The van der Waals surface area contributed by atoms with Crippen LogP contribution in [0.3, 0.4) is 0 Å². The number of aliphatic imine (C=N–C) groups is 1. The third-order valence-electron chi connectivity index (χ3n) is 5.25. The number of amidine groups is 1. The van der Waals surface area contributed by atoms with Gasteiger partial charge in [-0.15, -0.1) is 11.6 Å². The summed E-state index contributed by atoms with van der Waals surface area (Å²) in [6, 6.07) is 0.120. The highest BCUT2D eigenvalue weighted by Gasteiger charge is 2.58. The Morgan fingerprint density at radius 3 is 2.95 bits per heavy atom. The SMILES string of the molecule is COC1NCCCC1C1(O)C(N)=NC2CCC(Cl)CC21. The van der Waals surface area contributed by atoms with E-state index in [4.69, 9.17) is 22.1 Å². The molecule has 3 aliphatic rings. The number of rotatable bonds is 2. The maximum Gasteiger partial charge on any atom is 0.133 e. The number of alkyl halides is 1. The molecule has 2 aliphatic heterocycles. The Bertz CT molecular complexity index is 406. The third-order valence-corrected chi connectivity index (χ3v) is 5.65. The molecule has 0 aromatic heterocycles. The lowest BCUT2D eigenvalue weighted by Gasteiger charge is -2.46. The molecule has 0 amide bonds. The van der Waals surface area contributed by atoms with Crippen molar-refractivity contribution in [3.05, 3.63) is 0 Å². The topological polar surface area (TPSA) is 79.9 Å². The molecule has 6 heteroatoms. The van der Waals surface area contributed by atoms with Gasteiger partial charge in [0.2, 0.25) is 0 Å². The number of halogens is 1. The van der Waals surface area contributed by atoms with Crippen LogP contribution in [-0.4, -0.2) is 47.8 Å². The highest BCUT2D eigenvalue weighted by Crippen LogP contribution is 2.47. The minimum Gasteiger partial charge on any atom is -0.385 e. The highest BCUT2D eigenvalue weighted by atomic mass is 35.5. The van der Waals surface area contributed by atoms with E-state index in [1.54, 1.807) is 7.11 Å². The Balaban J connectivity index is 1.90. The predicted octanol–water partition coefficient (Wildman–Crippen LogP) is 0.836. The van der Waals surface area contributed by atoms with Crippen LogP contribution in [0.2, 0.25) is 0 Å². The van der Waals surface area contributed by atoms with Crippen LogP contribution in [-0.2, 0) is 4.74 Å². The van der Waals surface area contributed by atoms with Gasteiger partial charge in [-0.2, -0.15) is 0 Å². The lowest BCUT2D eigenvalue weighted by molar-refractivity contribution is -0.101. The molecule has 0 aromatic carbocycles. The Morgan fingerprint density at radius 1 is 1.40 bits per heavy atom. The number of methoxy groups -OCH3 is 1. The first-order valence-corrected chi connectivity index (χ1v) is 7.97. The molecule has 2 fully saturated rings. The van der Waals surface area contributed by atoms with Gasteiger partial charge in [-0.05, 0) is 38.6 Å². The zero-order chi connectivity index (χ0) is 14.3. The first kappa shape index (κ1) is 14.6. The van der Waals surface area contributed by atoms with Crippen LogP contribution in [0, 0.1) is 11.8 Å². The van der Waals surface area contributed by atoms with Crippen molar-refractivity contribution in [3.63, 3.8) is 0 Å². The summed E-state index contributed by atoms with van der Waals surface area (Å²) in [5.41, 5.74) is 5.06. The fourth-order valence-corrected chi connectivity index (χ4v) is 4.54. The van der Waals surface area contributed by atoms with Gasteiger partial charge in [0.25, 0.3) is 0 Å². The number of nitrogens with one attached hydrogen (secondary N) is 1. The van der Waals surface area contributed by atoms with E-state index in [1.165, 1.54) is 0 Å². The molecule has 3 rings (SSSR count). The first-order chi connectivity index (χ1) is 9.57. The minimum atomic E-state index is -1.08. The second kappa shape index (κ2) is 5.44. The quantitative estimate of drug-likeness (QED) is 0.660. The normalized spacial score (nSPS) is 48.8. The van der Waals surface area contributed by atoms with Crippen molar-refractivity contribution in [2.75, 3.05) is 13.7 Å². The molecule has 114 valence electrons. The van der Waals surface area contributed by atoms with Crippen LogP contribution in [0.15, 0.2) is 4.99 Å². The van der Waals surface area contributed by atoms with Gasteiger partial charge in [-0.3, -0.25) is 10.3 Å². The first-order valence-electron chi connectivity index (χ1n) is 7.53. The molecule has 0 bridgehead atoms. The van der Waals surface area contributed by atoms with Crippen molar-refractivity contribution < 1.29 is 9.84 Å². The molecule has 0 radical (unpaired) electrons. The number of hydrogen-bond donors (Lipinski definition) is 3. The van der Waals surface area contributed by atoms with Crippen LogP contribution >= 0.6 is 11.6 Å². The molecule has 4 N–H and O–H groups in total. The minimum absolute atomic E-state index is 0.0290. The molecule has 6 unspecified atom stereocenters. The van der Waals surface area contributed by atoms with Gasteiger partial charge in [-0.25, -0.2) is 0 Å². The number of nitrogens with zero attached hydrogens (tertiary/aromatic N) is 1. The van der Waals surface area contributed by atoms with E-state index in [2.05, 4.69) is 10.3 Å². The smallest absolute Gasteiger partial charge is 0.133 e. The summed E-state index contributed by atoms with van der Waals surface area (Å²) >= 11 is 6.32. The van der Waals surface area contributed by atoms with Gasteiger partial charge in [-0.1, -0.05) is 0 Å². The molecule has 1 saturated heterocycles. The maximum absolute atomic E-state index is 11.4. The average Bonchev–Trinajstić information content (AvgIpc) is 2.72. The molecule has 20 heavy (non-hydrogen) atoms. The number of nitrogens with two attached hydrogens (primary N) is 1. The second-order valence-electron chi connectivity index (χ2n) is 6.28. The molecule has 6 atom stereocenters. The van der Waals surface area contributed by atoms with Gasteiger partial charge >= 0.3 is 0 Å². The van der Waals surface area contributed by atoms with Crippen LogP contribution in [0.1, 0.15) is 32.1 Å². The standard InChI is InChI=1S/C14H24ClN3O2/c1-20-12-9(3-2-6-17-12)14(19)10-7-8(15)4-5-11(10)18-13(14)16/h8-12,17,19H,2-7H2,1H3,(H2,16,18). The van der Waals surface area contributed by atoms with Crippen molar-refractivity contribution >= 4 is 17.4 Å². The Labute approximate surface area is 124 Å². The van der Waals surface area contributed by atoms with E-state index >= 15 is 0 Å². The molecule has 2 heterocycles. The van der Waals surface area contributed by atoms with Gasteiger partial charge in [0.1, 0.15) is 17.7 Å². The number of aliphatic hydroxyl groups is 1. The number of ether oxygens (including phenoxy) is 1. The zero-order valence-corrected chi connectivity index (χ0v) is 12.6. The van der Waals surface area contributed by atoms with E-state index in [0.717, 1.165) is 38.6 Å². The number of hydrogen-bond acceptors (Lipinski definition) is 5. The van der Waals surface area contributed by atoms with Crippen LogP contribution in [0.5, 0.6) is 0 Å². The molecular formula is C14H24ClN3O2. The fraction of sp³-hybridized carbons (Fsp3) is 0.929. The van der Waals surface area contributed by atoms with Crippen LogP contribution < -0.4 is 11.1 Å². The van der Waals surface area contributed by atoms with E-state index < -0.39 is 5.60 Å². The summed E-state index contributed by atoms with van der Waals surface area (Å²) in [5.74, 6) is 0.359. The molecule has 5 nitrogen and oxygen atoms in total.